The van der Waals surface area contributed by atoms with Gasteiger partial charge in [-0.3, -0.25) is 0 Å². The van der Waals surface area contributed by atoms with Crippen molar-refractivity contribution in [3.63, 3.8) is 0 Å². The monoisotopic (exact) mass is 341 g/mol. The van der Waals surface area contributed by atoms with E-state index in [-0.39, 0.29) is 11.9 Å². The summed E-state index contributed by atoms with van der Waals surface area (Å²) in [4.78, 5) is 0. The molecule has 0 saturated heterocycles. The van der Waals surface area contributed by atoms with E-state index in [2.05, 4.69) is 12.1 Å². The highest BCUT2D eigenvalue weighted by molar-refractivity contribution is 5.59. The maximum Gasteiger partial charge on any atom is 0.177 e. The van der Waals surface area contributed by atoms with Crippen LogP contribution in [0.2, 0.25) is 0 Å². The molecular weight excluding hydrogens is 321 g/mol. The lowest BCUT2D eigenvalue weighted by molar-refractivity contribution is 0.182. The number of aromatic nitrogens is 1. The Morgan fingerprint density at radius 3 is 2.40 bits per heavy atom. The van der Waals surface area contributed by atoms with Crippen LogP contribution in [0.25, 0.3) is 11.3 Å². The molecule has 2 aromatic carbocycles. The fourth-order valence-electron chi connectivity index (χ4n) is 2.33. The summed E-state index contributed by atoms with van der Waals surface area (Å²) in [6, 6.07) is 15.4. The molecule has 1 atom stereocenters. The van der Waals surface area contributed by atoms with Gasteiger partial charge in [-0.25, -0.2) is 4.39 Å². The zero-order valence-electron chi connectivity index (χ0n) is 14.2. The largest absolute Gasteiger partial charge is 0.494 e. The maximum atomic E-state index is 12.9. The maximum absolute atomic E-state index is 12.9. The smallest absolute Gasteiger partial charge is 0.177 e. The molecule has 0 bridgehead atoms. The normalized spacial score (nSPS) is 12.0. The van der Waals surface area contributed by atoms with E-state index in [0.717, 1.165) is 23.4 Å². The van der Waals surface area contributed by atoms with Crippen LogP contribution in [0.4, 0.5) is 4.39 Å². The van der Waals surface area contributed by atoms with Crippen LogP contribution in [0.5, 0.6) is 11.5 Å². The average molecular weight is 341 g/mol. The number of halogens is 1. The fraction of sp³-hybridized carbons (Fsp3) is 0.250. The molecule has 0 fully saturated rings. The number of hydrogen-bond donors (Lipinski definition) is 0. The number of rotatable bonds is 7. The summed E-state index contributed by atoms with van der Waals surface area (Å²) < 4.78 is 29.7. The van der Waals surface area contributed by atoms with Gasteiger partial charge < -0.3 is 14.0 Å². The molecule has 1 aromatic heterocycles. The molecule has 0 aliphatic heterocycles. The highest BCUT2D eigenvalue weighted by Crippen LogP contribution is 2.27. The van der Waals surface area contributed by atoms with E-state index in [9.17, 15) is 4.39 Å². The van der Waals surface area contributed by atoms with Gasteiger partial charge in [-0.05, 0) is 61.9 Å². The minimum absolute atomic E-state index is 0.298. The summed E-state index contributed by atoms with van der Waals surface area (Å²) in [7, 11) is 0. The van der Waals surface area contributed by atoms with Crippen LogP contribution in [0.15, 0.2) is 59.1 Å². The summed E-state index contributed by atoms with van der Waals surface area (Å²) in [5, 5.41) is 4.10. The predicted molar refractivity (Wildman–Crippen MR) is 93.2 cm³/mol. The van der Waals surface area contributed by atoms with Gasteiger partial charge in [0.25, 0.3) is 0 Å². The average Bonchev–Trinajstić information content (AvgIpc) is 3.12. The minimum Gasteiger partial charge on any atom is -0.494 e. The van der Waals surface area contributed by atoms with Crippen molar-refractivity contribution in [1.29, 1.82) is 0 Å². The van der Waals surface area contributed by atoms with Gasteiger partial charge in [-0.15, -0.1) is 0 Å². The van der Waals surface area contributed by atoms with Crippen molar-refractivity contribution in [2.45, 2.75) is 26.4 Å². The molecule has 3 rings (SSSR count). The molecule has 0 aliphatic carbocycles. The van der Waals surface area contributed by atoms with Crippen LogP contribution in [0.1, 0.15) is 32.1 Å². The molecule has 0 spiro atoms. The second-order valence-electron chi connectivity index (χ2n) is 5.70. The quantitative estimate of drug-likeness (QED) is 0.576. The Bertz CT molecular complexity index is 797. The van der Waals surface area contributed by atoms with E-state index in [1.165, 1.54) is 12.1 Å². The summed E-state index contributed by atoms with van der Waals surface area (Å²) >= 11 is 0. The van der Waals surface area contributed by atoms with E-state index in [1.54, 1.807) is 12.1 Å². The molecule has 0 radical (unpaired) electrons. The Labute approximate surface area is 146 Å². The Balaban J connectivity index is 1.67. The lowest BCUT2D eigenvalue weighted by atomic mass is 10.1. The molecule has 5 heteroatoms. The predicted octanol–water partition coefficient (Wildman–Crippen LogP) is 5.41. The standard InChI is InChI=1S/C20H20FNO3/c1-3-12-23-17-8-4-15(5-9-17)19-13-20(25-22-19)14(2)24-18-10-6-16(21)7-11-18/h4-11,13-14H,3,12H2,1-2H3/t14-/m1/s1. The molecule has 0 aliphatic rings. The summed E-state index contributed by atoms with van der Waals surface area (Å²) in [6.07, 6.45) is 0.638. The van der Waals surface area contributed by atoms with E-state index < -0.39 is 0 Å². The highest BCUT2D eigenvalue weighted by Gasteiger charge is 2.15. The molecule has 1 heterocycles. The first-order valence-electron chi connectivity index (χ1n) is 8.28. The molecule has 25 heavy (non-hydrogen) atoms. The van der Waals surface area contributed by atoms with E-state index >= 15 is 0 Å². The van der Waals surface area contributed by atoms with Crippen molar-refractivity contribution in [2.75, 3.05) is 6.61 Å². The topological polar surface area (TPSA) is 44.5 Å². The molecule has 0 amide bonds. The van der Waals surface area contributed by atoms with Crippen LogP contribution in [0.3, 0.4) is 0 Å². The van der Waals surface area contributed by atoms with Gasteiger partial charge >= 0.3 is 0 Å². The molecular formula is C20H20FNO3. The van der Waals surface area contributed by atoms with E-state index in [0.29, 0.717) is 18.1 Å². The molecule has 0 unspecified atom stereocenters. The molecule has 130 valence electrons. The third-order valence-corrected chi connectivity index (χ3v) is 3.68. The van der Waals surface area contributed by atoms with Crippen molar-refractivity contribution in [2.24, 2.45) is 0 Å². The Kier molecular flexibility index (Phi) is 5.33. The lowest BCUT2D eigenvalue weighted by Crippen LogP contribution is -2.01. The van der Waals surface area contributed by atoms with E-state index in [4.69, 9.17) is 14.0 Å². The summed E-state index contributed by atoms with van der Waals surface area (Å²) in [6.45, 7) is 4.63. The SMILES string of the molecule is CCCOc1ccc(-c2cc([C@@H](C)Oc3ccc(F)cc3)on2)cc1. The van der Waals surface area contributed by atoms with Crippen LogP contribution in [-0.2, 0) is 0 Å². The Morgan fingerprint density at radius 1 is 1.04 bits per heavy atom. The lowest BCUT2D eigenvalue weighted by Gasteiger charge is -2.11. The van der Waals surface area contributed by atoms with Crippen LogP contribution in [-0.4, -0.2) is 11.8 Å². The third-order valence-electron chi connectivity index (χ3n) is 3.68. The van der Waals surface area contributed by atoms with Gasteiger partial charge in [-0.2, -0.15) is 0 Å². The van der Waals surface area contributed by atoms with Crippen molar-refractivity contribution in [1.82, 2.24) is 5.16 Å². The number of benzene rings is 2. The first kappa shape index (κ1) is 17.0. The first-order valence-corrected chi connectivity index (χ1v) is 8.28. The Hall–Kier alpha value is -2.82. The minimum atomic E-state index is -0.334. The van der Waals surface area contributed by atoms with Gasteiger partial charge in [0.05, 0.1) is 6.61 Å². The Morgan fingerprint density at radius 2 is 1.72 bits per heavy atom. The summed E-state index contributed by atoms with van der Waals surface area (Å²) in [5.74, 6) is 1.71. The number of ether oxygens (including phenoxy) is 2. The number of hydrogen-bond acceptors (Lipinski definition) is 4. The van der Waals surface area contributed by atoms with E-state index in [1.807, 2.05) is 37.3 Å². The fourth-order valence-corrected chi connectivity index (χ4v) is 2.33. The molecule has 0 saturated carbocycles. The molecule has 3 aromatic rings. The van der Waals surface area contributed by atoms with Gasteiger partial charge in [0.1, 0.15) is 23.0 Å². The molecule has 4 nitrogen and oxygen atoms in total. The van der Waals surface area contributed by atoms with Crippen LogP contribution < -0.4 is 9.47 Å². The van der Waals surface area contributed by atoms with Gasteiger partial charge in [0, 0.05) is 11.6 Å². The zero-order chi connectivity index (χ0) is 17.6. The summed E-state index contributed by atoms with van der Waals surface area (Å²) in [5.41, 5.74) is 1.67. The first-order chi connectivity index (χ1) is 12.2. The van der Waals surface area contributed by atoms with Gasteiger partial charge in [0.2, 0.25) is 0 Å². The van der Waals surface area contributed by atoms with Crippen molar-refractivity contribution in [3.8, 4) is 22.8 Å². The van der Waals surface area contributed by atoms with Gasteiger partial charge in [-0.1, -0.05) is 12.1 Å². The van der Waals surface area contributed by atoms with Gasteiger partial charge in [0.15, 0.2) is 11.9 Å². The van der Waals surface area contributed by atoms with Crippen molar-refractivity contribution >= 4 is 0 Å². The van der Waals surface area contributed by atoms with Crippen LogP contribution >= 0.6 is 0 Å². The number of nitrogens with zero attached hydrogens (tertiary/aromatic N) is 1. The third kappa shape index (κ3) is 4.38. The zero-order valence-corrected chi connectivity index (χ0v) is 14.2. The van der Waals surface area contributed by atoms with Crippen molar-refractivity contribution in [3.05, 3.63) is 66.2 Å². The molecule has 0 N–H and O–H groups in total. The second-order valence-corrected chi connectivity index (χ2v) is 5.70. The van der Waals surface area contributed by atoms with Crippen LogP contribution in [0, 0.1) is 5.82 Å². The second kappa shape index (κ2) is 7.83. The van der Waals surface area contributed by atoms with Crippen molar-refractivity contribution < 1.29 is 18.4 Å². The highest BCUT2D eigenvalue weighted by atomic mass is 19.1.